The molecule has 0 unspecified atom stereocenters. The average Bonchev–Trinajstić information content (AvgIpc) is 3.15. The van der Waals surface area contributed by atoms with Gasteiger partial charge in [-0.3, -0.25) is 4.57 Å². The second-order valence-electron chi connectivity index (χ2n) is 4.48. The van der Waals surface area contributed by atoms with E-state index in [1.54, 1.807) is 17.5 Å². The highest BCUT2D eigenvalue weighted by Gasteiger charge is 2.17. The number of pyridine rings is 1. The Bertz CT molecular complexity index is 874. The van der Waals surface area contributed by atoms with Crippen LogP contribution in [0.4, 0.5) is 0 Å². The summed E-state index contributed by atoms with van der Waals surface area (Å²) >= 11 is 1.65. The van der Waals surface area contributed by atoms with E-state index in [2.05, 4.69) is 16.0 Å². The summed E-state index contributed by atoms with van der Waals surface area (Å²) in [5.74, 6) is 2.42. The monoisotopic (exact) mass is 281 g/mol. The fourth-order valence-corrected chi connectivity index (χ4v) is 2.97. The van der Waals surface area contributed by atoms with Crippen molar-refractivity contribution in [2.75, 3.05) is 0 Å². The van der Waals surface area contributed by atoms with Gasteiger partial charge in [-0.05, 0) is 48.7 Å². The summed E-state index contributed by atoms with van der Waals surface area (Å²) in [6.07, 6.45) is 1.78. The van der Waals surface area contributed by atoms with Gasteiger partial charge in [-0.25, -0.2) is 9.97 Å². The van der Waals surface area contributed by atoms with Crippen molar-refractivity contribution < 1.29 is 4.42 Å². The maximum Gasteiger partial charge on any atom is 0.183 e. The first-order chi connectivity index (χ1) is 9.83. The van der Waals surface area contributed by atoms with E-state index in [4.69, 9.17) is 4.42 Å². The van der Waals surface area contributed by atoms with Crippen molar-refractivity contribution in [1.29, 1.82) is 0 Å². The summed E-state index contributed by atoms with van der Waals surface area (Å²) in [4.78, 5) is 9.12. The van der Waals surface area contributed by atoms with E-state index >= 15 is 0 Å². The van der Waals surface area contributed by atoms with Crippen LogP contribution < -0.4 is 0 Å². The molecule has 0 radical (unpaired) electrons. The minimum atomic E-state index is 0.758. The SMILES string of the molecule is Cc1ccc(-c2nc3cccnc3n2-c2cccs2)o1. The number of imidazole rings is 1. The van der Waals surface area contributed by atoms with Gasteiger partial charge in [0, 0.05) is 6.20 Å². The molecular weight excluding hydrogens is 270 g/mol. The van der Waals surface area contributed by atoms with Gasteiger partial charge in [0.2, 0.25) is 0 Å². The van der Waals surface area contributed by atoms with Crippen molar-refractivity contribution in [3.8, 4) is 16.6 Å². The van der Waals surface area contributed by atoms with Crippen LogP contribution in [-0.2, 0) is 0 Å². The van der Waals surface area contributed by atoms with Crippen LogP contribution in [-0.4, -0.2) is 14.5 Å². The zero-order valence-electron chi connectivity index (χ0n) is 10.8. The largest absolute Gasteiger partial charge is 0.458 e. The molecule has 4 aromatic rings. The molecule has 4 nitrogen and oxygen atoms in total. The first-order valence-electron chi connectivity index (χ1n) is 6.27. The molecule has 20 heavy (non-hydrogen) atoms. The number of nitrogens with zero attached hydrogens (tertiary/aromatic N) is 3. The third-order valence-electron chi connectivity index (χ3n) is 3.10. The van der Waals surface area contributed by atoms with E-state index in [0.29, 0.717) is 0 Å². The Morgan fingerprint density at radius 2 is 2.10 bits per heavy atom. The molecule has 0 amide bonds. The number of rotatable bonds is 2. The van der Waals surface area contributed by atoms with Crippen LogP contribution in [0.5, 0.6) is 0 Å². The summed E-state index contributed by atoms with van der Waals surface area (Å²) in [5.41, 5.74) is 1.71. The Morgan fingerprint density at radius 3 is 2.85 bits per heavy atom. The molecule has 0 atom stereocenters. The molecule has 0 aliphatic rings. The summed E-state index contributed by atoms with van der Waals surface area (Å²) in [5, 5.41) is 3.12. The lowest BCUT2D eigenvalue weighted by atomic mass is 10.4. The minimum Gasteiger partial charge on any atom is -0.458 e. The van der Waals surface area contributed by atoms with Gasteiger partial charge in [-0.2, -0.15) is 0 Å². The van der Waals surface area contributed by atoms with Crippen LogP contribution in [0.25, 0.3) is 27.7 Å². The van der Waals surface area contributed by atoms with Crippen LogP contribution >= 0.6 is 11.3 Å². The normalized spacial score (nSPS) is 11.2. The highest BCUT2D eigenvalue weighted by atomic mass is 32.1. The van der Waals surface area contributed by atoms with Crippen molar-refractivity contribution in [2.45, 2.75) is 6.92 Å². The maximum absolute atomic E-state index is 5.73. The highest BCUT2D eigenvalue weighted by Crippen LogP contribution is 2.30. The van der Waals surface area contributed by atoms with Crippen molar-refractivity contribution in [3.63, 3.8) is 0 Å². The van der Waals surface area contributed by atoms with E-state index in [-0.39, 0.29) is 0 Å². The van der Waals surface area contributed by atoms with E-state index in [1.165, 1.54) is 0 Å². The summed E-state index contributed by atoms with van der Waals surface area (Å²) < 4.78 is 7.77. The first kappa shape index (κ1) is 11.4. The van der Waals surface area contributed by atoms with Gasteiger partial charge in [-0.1, -0.05) is 0 Å². The third-order valence-corrected chi connectivity index (χ3v) is 3.96. The predicted molar refractivity (Wildman–Crippen MR) is 79.2 cm³/mol. The molecule has 0 aliphatic carbocycles. The lowest BCUT2D eigenvalue weighted by Gasteiger charge is -2.03. The van der Waals surface area contributed by atoms with Gasteiger partial charge < -0.3 is 4.42 Å². The van der Waals surface area contributed by atoms with Crippen LogP contribution in [0.2, 0.25) is 0 Å². The summed E-state index contributed by atoms with van der Waals surface area (Å²) in [6.45, 7) is 1.93. The van der Waals surface area contributed by atoms with Crippen LogP contribution in [0.15, 0.2) is 52.4 Å². The quantitative estimate of drug-likeness (QED) is 0.556. The van der Waals surface area contributed by atoms with Crippen LogP contribution in [0.1, 0.15) is 5.76 Å². The molecule has 5 heteroatoms. The average molecular weight is 281 g/mol. The molecule has 98 valence electrons. The van der Waals surface area contributed by atoms with Gasteiger partial charge in [0.1, 0.15) is 16.3 Å². The number of aromatic nitrogens is 3. The fraction of sp³-hybridized carbons (Fsp3) is 0.0667. The zero-order chi connectivity index (χ0) is 13.5. The number of hydrogen-bond acceptors (Lipinski definition) is 4. The number of fused-ring (bicyclic) bond motifs is 1. The highest BCUT2D eigenvalue weighted by molar-refractivity contribution is 7.12. The molecule has 4 heterocycles. The third kappa shape index (κ3) is 1.67. The first-order valence-corrected chi connectivity index (χ1v) is 7.15. The van der Waals surface area contributed by atoms with Crippen LogP contribution in [0, 0.1) is 6.92 Å². The fourth-order valence-electron chi connectivity index (χ4n) is 2.24. The van der Waals surface area contributed by atoms with Crippen molar-refractivity contribution in [2.24, 2.45) is 0 Å². The summed E-state index contributed by atoms with van der Waals surface area (Å²) in [7, 11) is 0. The predicted octanol–water partition coefficient (Wildman–Crippen LogP) is 4.05. The lowest BCUT2D eigenvalue weighted by molar-refractivity contribution is 0.543. The smallest absolute Gasteiger partial charge is 0.183 e. The molecule has 4 rings (SSSR count). The van der Waals surface area contributed by atoms with Crippen LogP contribution in [0.3, 0.4) is 0 Å². The zero-order valence-corrected chi connectivity index (χ0v) is 11.6. The number of hydrogen-bond donors (Lipinski definition) is 0. The topological polar surface area (TPSA) is 43.9 Å². The van der Waals surface area contributed by atoms with Gasteiger partial charge in [0.05, 0.1) is 0 Å². The second-order valence-corrected chi connectivity index (χ2v) is 5.40. The van der Waals surface area contributed by atoms with Gasteiger partial charge in [0.25, 0.3) is 0 Å². The van der Waals surface area contributed by atoms with E-state index in [1.807, 2.05) is 47.2 Å². The molecule has 0 aliphatic heterocycles. The Labute approximate surface area is 119 Å². The Hall–Kier alpha value is -2.40. The number of furan rings is 1. The Kier molecular flexibility index (Phi) is 2.47. The van der Waals surface area contributed by atoms with E-state index in [9.17, 15) is 0 Å². The molecule has 0 saturated carbocycles. The van der Waals surface area contributed by atoms with Gasteiger partial charge >= 0.3 is 0 Å². The van der Waals surface area contributed by atoms with Gasteiger partial charge in [-0.15, -0.1) is 11.3 Å². The molecule has 0 spiro atoms. The van der Waals surface area contributed by atoms with Gasteiger partial charge in [0.15, 0.2) is 17.2 Å². The molecule has 0 aromatic carbocycles. The van der Waals surface area contributed by atoms with Crippen molar-refractivity contribution in [1.82, 2.24) is 14.5 Å². The summed E-state index contributed by atoms with van der Waals surface area (Å²) in [6, 6.07) is 11.8. The van der Waals surface area contributed by atoms with E-state index in [0.717, 1.165) is 33.5 Å². The van der Waals surface area contributed by atoms with Crippen molar-refractivity contribution in [3.05, 3.63) is 53.7 Å². The number of thiophene rings is 1. The Balaban J connectivity index is 2.07. The maximum atomic E-state index is 5.73. The standard InChI is InChI=1S/C15H11N3OS/c1-10-6-7-12(19-10)15-17-11-4-2-8-16-14(11)18(15)13-5-3-9-20-13/h2-9H,1H3. The molecular formula is C15H11N3OS. The number of aryl methyl sites for hydroxylation is 1. The molecule has 4 aromatic heterocycles. The lowest BCUT2D eigenvalue weighted by Crippen LogP contribution is -1.95. The molecule has 0 fully saturated rings. The minimum absolute atomic E-state index is 0.758. The Morgan fingerprint density at radius 1 is 1.15 bits per heavy atom. The second kappa shape index (κ2) is 4.31. The van der Waals surface area contributed by atoms with E-state index < -0.39 is 0 Å². The molecule has 0 bridgehead atoms. The molecule has 0 N–H and O–H groups in total. The van der Waals surface area contributed by atoms with Crippen molar-refractivity contribution >= 4 is 22.5 Å². The molecule has 0 saturated heterocycles.